The summed E-state index contributed by atoms with van der Waals surface area (Å²) >= 11 is 0. The summed E-state index contributed by atoms with van der Waals surface area (Å²) in [5.74, 6) is -0.311. The Morgan fingerprint density at radius 1 is 1.28 bits per heavy atom. The second-order valence-electron chi connectivity index (χ2n) is 6.57. The van der Waals surface area contributed by atoms with E-state index in [0.29, 0.717) is 34.3 Å². The number of nitrogens with two attached hydrogens (primary N) is 1. The van der Waals surface area contributed by atoms with Gasteiger partial charge in [0.05, 0.1) is 30.1 Å². The third-order valence-electron chi connectivity index (χ3n) is 4.30. The monoisotopic (exact) mass is 392 g/mol. The van der Waals surface area contributed by atoms with Crippen molar-refractivity contribution >= 4 is 33.8 Å². The summed E-state index contributed by atoms with van der Waals surface area (Å²) in [6, 6.07) is 7.21. The number of fused-ring (bicyclic) bond motifs is 2. The summed E-state index contributed by atoms with van der Waals surface area (Å²) in [4.78, 5) is 25.6. The van der Waals surface area contributed by atoms with Crippen molar-refractivity contribution in [3.8, 4) is 6.01 Å². The number of hydrogen-bond donors (Lipinski definition) is 3. The molecule has 0 aliphatic heterocycles. The molecule has 0 bridgehead atoms. The number of hydrogen-bond acceptors (Lipinski definition) is 8. The number of aromatic nitrogens is 5. The quantitative estimate of drug-likeness (QED) is 0.452. The van der Waals surface area contributed by atoms with Crippen molar-refractivity contribution in [3.05, 3.63) is 48.5 Å². The van der Waals surface area contributed by atoms with E-state index >= 15 is 0 Å². The number of carbonyl (C=O) groups excluding carboxylic acids is 1. The predicted molar refractivity (Wildman–Crippen MR) is 109 cm³/mol. The summed E-state index contributed by atoms with van der Waals surface area (Å²) in [5.41, 5.74) is 8.78. The van der Waals surface area contributed by atoms with Gasteiger partial charge in [-0.1, -0.05) is 0 Å². The number of methoxy groups -OCH3 is 1. The number of carbonyl (C=O) groups is 1. The maximum atomic E-state index is 13.0. The zero-order valence-corrected chi connectivity index (χ0v) is 16.0. The minimum atomic E-state index is -0.311. The molecule has 4 aromatic rings. The Morgan fingerprint density at radius 3 is 2.93 bits per heavy atom. The van der Waals surface area contributed by atoms with Crippen LogP contribution in [0.5, 0.6) is 6.01 Å². The highest BCUT2D eigenvalue weighted by atomic mass is 16.5. The van der Waals surface area contributed by atoms with Crippen molar-refractivity contribution in [3.63, 3.8) is 0 Å². The van der Waals surface area contributed by atoms with Crippen molar-refractivity contribution in [1.29, 1.82) is 0 Å². The number of amides is 1. The van der Waals surface area contributed by atoms with Gasteiger partial charge in [0, 0.05) is 29.9 Å². The van der Waals surface area contributed by atoms with Crippen LogP contribution in [-0.4, -0.2) is 50.2 Å². The van der Waals surface area contributed by atoms with Gasteiger partial charge in [-0.05, 0) is 31.2 Å². The molecule has 0 saturated carbocycles. The maximum absolute atomic E-state index is 13.0. The molecule has 1 aromatic carbocycles. The van der Waals surface area contributed by atoms with Crippen molar-refractivity contribution in [2.24, 2.45) is 5.73 Å². The van der Waals surface area contributed by atoms with Gasteiger partial charge in [-0.15, -0.1) is 0 Å². The lowest BCUT2D eigenvalue weighted by atomic mass is 10.1. The Balaban J connectivity index is 1.71. The Morgan fingerprint density at radius 2 is 2.14 bits per heavy atom. The molecule has 0 saturated heterocycles. The molecule has 4 rings (SSSR count). The van der Waals surface area contributed by atoms with Crippen molar-refractivity contribution < 1.29 is 9.53 Å². The number of rotatable bonds is 6. The lowest BCUT2D eigenvalue weighted by Gasteiger charge is -2.14. The lowest BCUT2D eigenvalue weighted by Crippen LogP contribution is -2.25. The van der Waals surface area contributed by atoms with Crippen LogP contribution in [0.1, 0.15) is 17.3 Å². The fourth-order valence-corrected chi connectivity index (χ4v) is 2.90. The van der Waals surface area contributed by atoms with Gasteiger partial charge in [-0.25, -0.2) is 14.5 Å². The zero-order chi connectivity index (χ0) is 20.4. The van der Waals surface area contributed by atoms with Crippen molar-refractivity contribution in [2.75, 3.05) is 24.3 Å². The van der Waals surface area contributed by atoms with Gasteiger partial charge < -0.3 is 21.1 Å². The summed E-state index contributed by atoms with van der Waals surface area (Å²) in [6.07, 6.45) is 4.77. The highest BCUT2D eigenvalue weighted by molar-refractivity contribution is 6.13. The first-order chi connectivity index (χ1) is 14.0. The molecule has 4 N–H and O–H groups in total. The number of nitrogens with zero attached hydrogens (tertiary/aromatic N) is 5. The van der Waals surface area contributed by atoms with Gasteiger partial charge in [-0.2, -0.15) is 10.1 Å². The molecule has 0 spiro atoms. The maximum Gasteiger partial charge on any atom is 0.316 e. The van der Waals surface area contributed by atoms with Gasteiger partial charge in [0.25, 0.3) is 5.91 Å². The number of anilines is 2. The van der Waals surface area contributed by atoms with E-state index in [4.69, 9.17) is 10.5 Å². The molecule has 0 unspecified atom stereocenters. The lowest BCUT2D eigenvalue weighted by molar-refractivity contribution is 0.102. The topological polar surface area (TPSA) is 132 Å². The summed E-state index contributed by atoms with van der Waals surface area (Å²) in [7, 11) is 1.48. The first-order valence-electron chi connectivity index (χ1n) is 8.99. The Labute approximate surface area is 166 Å². The van der Waals surface area contributed by atoms with Gasteiger partial charge >= 0.3 is 6.01 Å². The third kappa shape index (κ3) is 3.78. The molecule has 148 valence electrons. The molecule has 1 atom stereocenters. The third-order valence-corrected chi connectivity index (χ3v) is 4.30. The SMILES string of the molecule is COc1ncc2c(NC[C@@H](C)N)ccc(C(=O)Nc3ccc4ncnn4c3)c2n1. The first-order valence-corrected chi connectivity index (χ1v) is 8.99. The van der Waals surface area contributed by atoms with Crippen LogP contribution in [-0.2, 0) is 0 Å². The van der Waals surface area contributed by atoms with E-state index in [9.17, 15) is 4.79 Å². The van der Waals surface area contributed by atoms with E-state index in [1.807, 2.05) is 13.0 Å². The minimum absolute atomic E-state index is 0.0288. The highest BCUT2D eigenvalue weighted by Gasteiger charge is 2.16. The summed E-state index contributed by atoms with van der Waals surface area (Å²) in [5, 5.41) is 10.9. The average Bonchev–Trinajstić information content (AvgIpc) is 3.19. The van der Waals surface area contributed by atoms with E-state index in [1.54, 1.807) is 35.1 Å². The van der Waals surface area contributed by atoms with Gasteiger partial charge in [0.15, 0.2) is 5.65 Å². The molecule has 3 heterocycles. The standard InChI is InChI=1S/C19H20N8O2/c1-11(20)7-21-15-5-4-13(17-14(15)8-22-19(26-17)29-2)18(28)25-12-3-6-16-23-10-24-27(16)9-12/h3-6,8-11,21H,7,20H2,1-2H3,(H,25,28)/t11-/m1/s1. The van der Waals surface area contributed by atoms with Crippen LogP contribution >= 0.6 is 0 Å². The minimum Gasteiger partial charge on any atom is -0.467 e. The van der Waals surface area contributed by atoms with Crippen molar-refractivity contribution in [2.45, 2.75) is 13.0 Å². The average molecular weight is 392 g/mol. The molecule has 29 heavy (non-hydrogen) atoms. The molecular formula is C19H20N8O2. The van der Waals surface area contributed by atoms with Crippen LogP contribution < -0.4 is 21.1 Å². The normalized spacial score (nSPS) is 12.1. The van der Waals surface area contributed by atoms with Crippen LogP contribution in [0.25, 0.3) is 16.6 Å². The van der Waals surface area contributed by atoms with E-state index < -0.39 is 0 Å². The molecular weight excluding hydrogens is 372 g/mol. The number of ether oxygens (including phenoxy) is 1. The van der Waals surface area contributed by atoms with Crippen molar-refractivity contribution in [1.82, 2.24) is 24.6 Å². The number of benzene rings is 1. The highest BCUT2D eigenvalue weighted by Crippen LogP contribution is 2.27. The predicted octanol–water partition coefficient (Wildman–Crippen LogP) is 1.69. The van der Waals surface area contributed by atoms with Gasteiger partial charge in [0.1, 0.15) is 6.33 Å². The Kier molecular flexibility index (Phi) is 4.92. The Bertz CT molecular complexity index is 1190. The summed E-state index contributed by atoms with van der Waals surface area (Å²) < 4.78 is 6.72. The molecule has 10 nitrogen and oxygen atoms in total. The van der Waals surface area contributed by atoms with Crippen LogP contribution in [0.4, 0.5) is 11.4 Å². The number of nitrogens with one attached hydrogen (secondary N) is 2. The molecule has 0 fully saturated rings. The molecule has 0 radical (unpaired) electrons. The van der Waals surface area contributed by atoms with Crippen LogP contribution in [0.15, 0.2) is 43.0 Å². The fourth-order valence-electron chi connectivity index (χ4n) is 2.90. The molecule has 0 aliphatic carbocycles. The van der Waals surface area contributed by atoms with Crippen LogP contribution in [0.3, 0.4) is 0 Å². The van der Waals surface area contributed by atoms with Gasteiger partial charge in [-0.3, -0.25) is 4.79 Å². The summed E-state index contributed by atoms with van der Waals surface area (Å²) in [6.45, 7) is 2.48. The number of pyridine rings is 1. The van der Waals surface area contributed by atoms with E-state index in [0.717, 1.165) is 5.69 Å². The zero-order valence-electron chi connectivity index (χ0n) is 16.0. The van der Waals surface area contributed by atoms with Gasteiger partial charge in [0.2, 0.25) is 0 Å². The van der Waals surface area contributed by atoms with Crippen LogP contribution in [0, 0.1) is 0 Å². The Hall–Kier alpha value is -3.79. The first kappa shape index (κ1) is 18.6. The second-order valence-corrected chi connectivity index (χ2v) is 6.57. The van der Waals surface area contributed by atoms with E-state index in [-0.39, 0.29) is 18.0 Å². The molecule has 1 amide bonds. The fraction of sp³-hybridized carbons (Fsp3) is 0.211. The largest absolute Gasteiger partial charge is 0.467 e. The van der Waals surface area contributed by atoms with E-state index in [2.05, 4.69) is 30.7 Å². The molecule has 10 heteroatoms. The molecule has 0 aliphatic rings. The second kappa shape index (κ2) is 7.68. The smallest absolute Gasteiger partial charge is 0.316 e. The van der Waals surface area contributed by atoms with E-state index in [1.165, 1.54) is 13.4 Å². The van der Waals surface area contributed by atoms with Crippen LogP contribution in [0.2, 0.25) is 0 Å². The molecule has 3 aromatic heterocycles.